The number of hydrogen-bond acceptors (Lipinski definition) is 5. The maximum Gasteiger partial charge on any atom is 0.419 e. The first kappa shape index (κ1) is 22.3. The van der Waals surface area contributed by atoms with Crippen LogP contribution in [0.5, 0.6) is 0 Å². The summed E-state index contributed by atoms with van der Waals surface area (Å²) < 4.78 is 55.2. The van der Waals surface area contributed by atoms with Crippen molar-refractivity contribution in [2.24, 2.45) is 5.73 Å². The van der Waals surface area contributed by atoms with Gasteiger partial charge in [-0.3, -0.25) is 15.1 Å². The summed E-state index contributed by atoms with van der Waals surface area (Å²) in [5, 5.41) is 12.0. The number of benzene rings is 2. The smallest absolute Gasteiger partial charge is 0.402 e. The molecule has 4 aromatic rings. The molecule has 5 rings (SSSR count). The largest absolute Gasteiger partial charge is 0.419 e. The number of imidazole rings is 1. The molecule has 1 aliphatic heterocycles. The molecule has 0 spiro atoms. The first-order valence-corrected chi connectivity index (χ1v) is 10.3. The number of nitrogens with zero attached hydrogens (tertiary/aromatic N) is 4. The van der Waals surface area contributed by atoms with Gasteiger partial charge in [-0.2, -0.15) is 18.3 Å². The number of aromatic amines is 1. The van der Waals surface area contributed by atoms with Crippen LogP contribution in [0.15, 0.2) is 66.4 Å². The Morgan fingerprint density at radius 3 is 2.57 bits per heavy atom. The normalized spacial score (nSPS) is 18.1. The third-order valence-corrected chi connectivity index (χ3v) is 5.79. The molecule has 1 aliphatic rings. The van der Waals surface area contributed by atoms with E-state index in [0.717, 1.165) is 22.5 Å². The summed E-state index contributed by atoms with van der Waals surface area (Å²) in [6, 6.07) is 7.67. The van der Waals surface area contributed by atoms with Gasteiger partial charge in [0.15, 0.2) is 0 Å². The average molecular weight is 483 g/mol. The summed E-state index contributed by atoms with van der Waals surface area (Å²) in [7, 11) is 0. The van der Waals surface area contributed by atoms with Crippen molar-refractivity contribution in [1.29, 1.82) is 5.41 Å². The predicted molar refractivity (Wildman–Crippen MR) is 119 cm³/mol. The Bertz CT molecular complexity index is 1530. The number of aromatic nitrogens is 4. The summed E-state index contributed by atoms with van der Waals surface area (Å²) in [5.41, 5.74) is 6.73. The number of anilines is 1. The van der Waals surface area contributed by atoms with Crippen LogP contribution in [0.1, 0.15) is 24.1 Å². The number of nitrogens with two attached hydrogens (primary N) is 1. The summed E-state index contributed by atoms with van der Waals surface area (Å²) in [5.74, 6) is -1.47. The number of fused-ring (bicyclic) bond motifs is 1. The number of hydrogen-bond donors (Lipinski definition) is 3. The van der Waals surface area contributed by atoms with Gasteiger partial charge in [-0.1, -0.05) is 6.07 Å². The Balaban J connectivity index is 1.62. The molecule has 1 atom stereocenters. The van der Waals surface area contributed by atoms with Crippen molar-refractivity contribution in [3.63, 3.8) is 0 Å². The highest BCUT2D eigenvalue weighted by Crippen LogP contribution is 2.42. The zero-order valence-corrected chi connectivity index (χ0v) is 18.1. The van der Waals surface area contributed by atoms with Gasteiger partial charge in [0.2, 0.25) is 0 Å². The van der Waals surface area contributed by atoms with E-state index in [9.17, 15) is 18.0 Å². The van der Waals surface area contributed by atoms with Gasteiger partial charge in [0, 0.05) is 28.7 Å². The first-order chi connectivity index (χ1) is 16.6. The summed E-state index contributed by atoms with van der Waals surface area (Å²) >= 11 is 0. The third kappa shape index (κ3) is 3.63. The molecule has 0 radical (unpaired) electrons. The number of nitrogens with one attached hydrogen (secondary N) is 2. The molecule has 0 bridgehead atoms. The number of halogens is 4. The van der Waals surface area contributed by atoms with E-state index in [4.69, 9.17) is 11.1 Å². The van der Waals surface area contributed by atoms with Gasteiger partial charge in [-0.15, -0.1) is 0 Å². The van der Waals surface area contributed by atoms with Crippen molar-refractivity contribution in [2.75, 3.05) is 4.90 Å². The van der Waals surface area contributed by atoms with Gasteiger partial charge in [-0.05, 0) is 37.3 Å². The molecule has 178 valence electrons. The van der Waals surface area contributed by atoms with Crippen molar-refractivity contribution in [2.45, 2.75) is 19.1 Å². The van der Waals surface area contributed by atoms with Gasteiger partial charge in [0.1, 0.15) is 11.5 Å². The molecule has 2 aromatic heterocycles. The molecule has 1 saturated heterocycles. The van der Waals surface area contributed by atoms with E-state index in [1.54, 1.807) is 18.2 Å². The Labute approximate surface area is 195 Å². The maximum atomic E-state index is 15.5. The molecule has 1 amide bonds. The molecular weight excluding hydrogens is 466 g/mol. The summed E-state index contributed by atoms with van der Waals surface area (Å²) in [6.07, 6.45) is -1.69. The van der Waals surface area contributed by atoms with E-state index in [1.165, 1.54) is 30.3 Å². The van der Waals surface area contributed by atoms with Crippen LogP contribution in [-0.2, 0) is 11.0 Å². The fourth-order valence-electron chi connectivity index (χ4n) is 4.15. The molecule has 4 N–H and O–H groups in total. The molecule has 12 heteroatoms. The Hall–Kier alpha value is -4.48. The van der Waals surface area contributed by atoms with Crippen molar-refractivity contribution in [1.82, 2.24) is 19.7 Å². The van der Waals surface area contributed by atoms with Crippen LogP contribution in [0.3, 0.4) is 0 Å². The van der Waals surface area contributed by atoms with E-state index >= 15 is 4.39 Å². The molecule has 0 aliphatic carbocycles. The Kier molecular flexibility index (Phi) is 4.97. The van der Waals surface area contributed by atoms with Crippen LogP contribution in [0.4, 0.5) is 23.2 Å². The SMILES string of the molecule is C/C(N)=C1/C(=N)C(=O)N(c2ccc3[nH]cnc3c2)C1c1ccc(-n2cc(C(F)(F)F)cn2)cc1F. The number of H-pyrrole nitrogens is 1. The fraction of sp³-hybridized carbons (Fsp3) is 0.130. The minimum atomic E-state index is -4.59. The van der Waals surface area contributed by atoms with Gasteiger partial charge in [0.25, 0.3) is 5.91 Å². The zero-order valence-electron chi connectivity index (χ0n) is 18.1. The van der Waals surface area contributed by atoms with E-state index in [1.807, 2.05) is 0 Å². The van der Waals surface area contributed by atoms with Gasteiger partial charge in [0.05, 0.1) is 40.9 Å². The number of carbonyl (C=O) groups is 1. The van der Waals surface area contributed by atoms with Crippen LogP contribution in [0.2, 0.25) is 0 Å². The highest BCUT2D eigenvalue weighted by atomic mass is 19.4. The molecule has 35 heavy (non-hydrogen) atoms. The van der Waals surface area contributed by atoms with Gasteiger partial charge >= 0.3 is 6.18 Å². The minimum Gasteiger partial charge on any atom is -0.402 e. The number of amides is 1. The monoisotopic (exact) mass is 483 g/mol. The maximum absolute atomic E-state index is 15.5. The molecular formula is C23H17F4N7O. The van der Waals surface area contributed by atoms with Crippen LogP contribution in [-0.4, -0.2) is 31.4 Å². The van der Waals surface area contributed by atoms with Crippen molar-refractivity contribution < 1.29 is 22.4 Å². The lowest BCUT2D eigenvalue weighted by atomic mass is 9.96. The molecule has 8 nitrogen and oxygen atoms in total. The lowest BCUT2D eigenvalue weighted by molar-refractivity contribution is -0.137. The molecule has 0 saturated carbocycles. The predicted octanol–water partition coefficient (Wildman–Crippen LogP) is 4.25. The van der Waals surface area contributed by atoms with E-state index in [-0.39, 0.29) is 28.2 Å². The number of allylic oxidation sites excluding steroid dienone is 1. The summed E-state index contributed by atoms with van der Waals surface area (Å²) in [6.45, 7) is 1.51. The fourth-order valence-corrected chi connectivity index (χ4v) is 4.15. The van der Waals surface area contributed by atoms with E-state index in [2.05, 4.69) is 15.1 Å². The Morgan fingerprint density at radius 1 is 1.17 bits per heavy atom. The highest BCUT2D eigenvalue weighted by Gasteiger charge is 2.44. The number of alkyl halides is 3. The average Bonchev–Trinajstić information content (AvgIpc) is 3.51. The van der Waals surface area contributed by atoms with E-state index in [0.29, 0.717) is 17.4 Å². The second kappa shape index (κ2) is 7.79. The molecule has 3 heterocycles. The van der Waals surface area contributed by atoms with Crippen LogP contribution in [0.25, 0.3) is 16.7 Å². The minimum absolute atomic E-state index is 0.0227. The summed E-state index contributed by atoms with van der Waals surface area (Å²) in [4.78, 5) is 21.5. The second-order valence-electron chi connectivity index (χ2n) is 8.03. The molecule has 1 fully saturated rings. The standard InChI is InChI=1S/C23H17F4N7O/c1-11(28)19-20(29)22(35)34(14-3-5-17-18(7-14)31-10-30-17)21(19)15-4-2-13(6-16(15)24)33-9-12(8-32-33)23(25,26)27/h2-10,21,29H,28H2,1H3,(H,30,31)/b19-11+,29-20?. The zero-order chi connectivity index (χ0) is 25.1. The van der Waals surface area contributed by atoms with Crippen LogP contribution < -0.4 is 10.6 Å². The lowest BCUT2D eigenvalue weighted by Gasteiger charge is -2.26. The van der Waals surface area contributed by atoms with Gasteiger partial charge in [-0.25, -0.2) is 14.1 Å². The van der Waals surface area contributed by atoms with Crippen molar-refractivity contribution in [3.8, 4) is 5.69 Å². The van der Waals surface area contributed by atoms with Crippen LogP contribution >= 0.6 is 0 Å². The van der Waals surface area contributed by atoms with Crippen molar-refractivity contribution >= 4 is 28.3 Å². The molecule has 1 unspecified atom stereocenters. The third-order valence-electron chi connectivity index (χ3n) is 5.79. The number of rotatable bonds is 3. The van der Waals surface area contributed by atoms with E-state index < -0.39 is 29.5 Å². The van der Waals surface area contributed by atoms with Crippen molar-refractivity contribution in [3.05, 3.63) is 83.3 Å². The topological polar surface area (TPSA) is 117 Å². The quantitative estimate of drug-likeness (QED) is 0.378. The Morgan fingerprint density at radius 2 is 1.91 bits per heavy atom. The number of carbonyl (C=O) groups excluding carboxylic acids is 1. The van der Waals surface area contributed by atoms with Gasteiger partial charge < -0.3 is 10.7 Å². The lowest BCUT2D eigenvalue weighted by Crippen LogP contribution is -2.29. The first-order valence-electron chi connectivity index (χ1n) is 10.3. The molecule has 2 aromatic carbocycles. The second-order valence-corrected chi connectivity index (χ2v) is 8.03. The van der Waals surface area contributed by atoms with Crippen LogP contribution in [0, 0.1) is 11.2 Å². The highest BCUT2D eigenvalue weighted by molar-refractivity contribution is 6.52.